The number of H-pyrrole nitrogens is 1. The van der Waals surface area contributed by atoms with Crippen LogP contribution in [0.25, 0.3) is 11.0 Å². The third-order valence-corrected chi connectivity index (χ3v) is 4.62. The zero-order valence-electron chi connectivity index (χ0n) is 15.3. The quantitative estimate of drug-likeness (QED) is 0.622. The van der Waals surface area contributed by atoms with Crippen LogP contribution in [0.3, 0.4) is 0 Å². The summed E-state index contributed by atoms with van der Waals surface area (Å²) in [5.74, 6) is 1.19. The minimum Gasteiger partial charge on any atom is -0.490 e. The van der Waals surface area contributed by atoms with Crippen LogP contribution in [0.4, 0.5) is 0 Å². The van der Waals surface area contributed by atoms with E-state index in [1.807, 2.05) is 38.1 Å². The number of aromatic amines is 1. The Bertz CT molecular complexity index is 950. The molecule has 1 unspecified atom stereocenters. The van der Waals surface area contributed by atoms with Gasteiger partial charge in [-0.15, -0.1) is 12.4 Å². The summed E-state index contributed by atoms with van der Waals surface area (Å²) in [6, 6.07) is 7.43. The lowest BCUT2D eigenvalue weighted by molar-refractivity contribution is 0.0929. The Labute approximate surface area is 163 Å². The summed E-state index contributed by atoms with van der Waals surface area (Å²) in [7, 11) is 0. The maximum atomic E-state index is 12.7. The van der Waals surface area contributed by atoms with Crippen LogP contribution in [-0.4, -0.2) is 29.3 Å². The number of ether oxygens (including phenoxy) is 1. The number of hydrogen-bond acceptors (Lipinski definition) is 5. The number of fused-ring (bicyclic) bond motifs is 2. The number of aromatic nitrogens is 2. The fourth-order valence-electron chi connectivity index (χ4n) is 3.29. The number of nitrogens with one attached hydrogen (secondary N) is 3. The molecule has 2 aromatic heterocycles. The van der Waals surface area contributed by atoms with Crippen molar-refractivity contribution in [3.05, 3.63) is 47.0 Å². The van der Waals surface area contributed by atoms with Gasteiger partial charge in [0.2, 0.25) is 0 Å². The van der Waals surface area contributed by atoms with E-state index >= 15 is 0 Å². The van der Waals surface area contributed by atoms with E-state index in [1.165, 1.54) is 0 Å². The van der Waals surface area contributed by atoms with E-state index in [0.717, 1.165) is 29.6 Å². The Kier molecular flexibility index (Phi) is 5.72. The van der Waals surface area contributed by atoms with Crippen LogP contribution < -0.4 is 15.4 Å². The smallest absolute Gasteiger partial charge is 0.272 e. The number of carbonyl (C=O) groups excluding carboxylic acids is 1. The molecule has 1 aliphatic rings. The van der Waals surface area contributed by atoms with Crippen molar-refractivity contribution < 1.29 is 13.9 Å². The second kappa shape index (κ2) is 8.02. The zero-order chi connectivity index (χ0) is 18.1. The second-order valence-electron chi connectivity index (χ2n) is 6.41. The lowest BCUT2D eigenvalue weighted by Crippen LogP contribution is -2.30. The molecule has 4 rings (SSSR count). The predicted molar refractivity (Wildman–Crippen MR) is 105 cm³/mol. The van der Waals surface area contributed by atoms with Gasteiger partial charge in [0, 0.05) is 36.2 Å². The first kappa shape index (κ1) is 19.3. The molecule has 3 heterocycles. The average Bonchev–Trinajstić information content (AvgIpc) is 3.27. The molecule has 0 aliphatic carbocycles. The van der Waals surface area contributed by atoms with Crippen molar-refractivity contribution in [2.45, 2.75) is 32.9 Å². The van der Waals surface area contributed by atoms with Crippen molar-refractivity contribution in [2.24, 2.45) is 0 Å². The van der Waals surface area contributed by atoms with Gasteiger partial charge >= 0.3 is 0 Å². The highest BCUT2D eigenvalue weighted by Crippen LogP contribution is 2.31. The summed E-state index contributed by atoms with van der Waals surface area (Å²) < 4.78 is 11.6. The molecule has 3 N–H and O–H groups in total. The average molecular weight is 391 g/mol. The van der Waals surface area contributed by atoms with E-state index in [9.17, 15) is 4.79 Å². The molecule has 0 fully saturated rings. The molecular weight excluding hydrogens is 368 g/mol. The third kappa shape index (κ3) is 3.65. The van der Waals surface area contributed by atoms with E-state index < -0.39 is 0 Å². The number of furan rings is 1. The lowest BCUT2D eigenvalue weighted by atomic mass is 10.1. The van der Waals surface area contributed by atoms with Crippen LogP contribution >= 0.6 is 12.4 Å². The number of halogens is 1. The minimum atomic E-state index is -0.284. The van der Waals surface area contributed by atoms with Crippen LogP contribution in [0.1, 0.15) is 47.4 Å². The van der Waals surface area contributed by atoms with Gasteiger partial charge in [-0.2, -0.15) is 5.10 Å². The molecule has 0 saturated carbocycles. The summed E-state index contributed by atoms with van der Waals surface area (Å²) in [5, 5.41) is 14.4. The second-order valence-corrected chi connectivity index (χ2v) is 6.41. The first-order chi connectivity index (χ1) is 12.7. The Hall–Kier alpha value is -2.51. The normalized spacial score (nSPS) is 14.3. The van der Waals surface area contributed by atoms with Gasteiger partial charge in [-0.3, -0.25) is 9.89 Å². The Morgan fingerprint density at radius 1 is 1.44 bits per heavy atom. The molecule has 3 aromatic rings. The summed E-state index contributed by atoms with van der Waals surface area (Å²) in [5.41, 5.74) is 3.13. The Morgan fingerprint density at radius 3 is 3.11 bits per heavy atom. The first-order valence-corrected chi connectivity index (χ1v) is 8.90. The molecule has 7 nitrogen and oxygen atoms in total. The lowest BCUT2D eigenvalue weighted by Gasteiger charge is -2.14. The van der Waals surface area contributed by atoms with Gasteiger partial charge in [-0.1, -0.05) is 12.1 Å². The topological polar surface area (TPSA) is 92.2 Å². The van der Waals surface area contributed by atoms with Gasteiger partial charge in [0.25, 0.3) is 5.91 Å². The van der Waals surface area contributed by atoms with E-state index in [1.54, 1.807) is 0 Å². The SMILES string of the molecule is CCOc1cccc2cc(C(C)NC(=O)c3n[nH]c4c3CNCC4)oc12.Cl. The molecule has 0 radical (unpaired) electrons. The summed E-state index contributed by atoms with van der Waals surface area (Å²) in [6.07, 6.45) is 0.856. The molecule has 1 aromatic carbocycles. The third-order valence-electron chi connectivity index (χ3n) is 4.62. The number of amides is 1. The first-order valence-electron chi connectivity index (χ1n) is 8.90. The molecule has 0 spiro atoms. The highest BCUT2D eigenvalue weighted by Gasteiger charge is 2.24. The van der Waals surface area contributed by atoms with E-state index in [0.29, 0.717) is 35.9 Å². The maximum Gasteiger partial charge on any atom is 0.272 e. The number of hydrogen-bond donors (Lipinski definition) is 3. The molecule has 27 heavy (non-hydrogen) atoms. The van der Waals surface area contributed by atoms with Crippen molar-refractivity contribution in [1.29, 1.82) is 0 Å². The van der Waals surface area contributed by atoms with Crippen molar-refractivity contribution in [3.8, 4) is 5.75 Å². The molecule has 0 saturated heterocycles. The van der Waals surface area contributed by atoms with Gasteiger partial charge in [0.05, 0.1) is 12.6 Å². The summed E-state index contributed by atoms with van der Waals surface area (Å²) >= 11 is 0. The highest BCUT2D eigenvalue weighted by atomic mass is 35.5. The monoisotopic (exact) mass is 390 g/mol. The van der Waals surface area contributed by atoms with Gasteiger partial charge in [0.1, 0.15) is 5.76 Å². The van der Waals surface area contributed by atoms with Crippen LogP contribution in [0.15, 0.2) is 28.7 Å². The molecule has 1 aliphatic heterocycles. The van der Waals surface area contributed by atoms with Crippen LogP contribution in [0.2, 0.25) is 0 Å². The summed E-state index contributed by atoms with van der Waals surface area (Å²) in [4.78, 5) is 12.7. The number of nitrogens with zero attached hydrogens (tertiary/aromatic N) is 1. The van der Waals surface area contributed by atoms with Gasteiger partial charge < -0.3 is 19.8 Å². The van der Waals surface area contributed by atoms with Crippen molar-refractivity contribution >= 4 is 29.3 Å². The van der Waals surface area contributed by atoms with Crippen LogP contribution in [0, 0.1) is 0 Å². The molecule has 0 bridgehead atoms. The number of carbonyl (C=O) groups is 1. The standard InChI is InChI=1S/C19H22N4O3.ClH/c1-3-25-15-6-4-5-12-9-16(26-18(12)15)11(2)21-19(24)17-13-10-20-8-7-14(13)22-23-17;/h4-6,9,11,20H,3,7-8,10H2,1-2H3,(H,21,24)(H,22,23);1H. The number of rotatable bonds is 5. The van der Waals surface area contributed by atoms with Crippen molar-refractivity contribution in [1.82, 2.24) is 20.8 Å². The predicted octanol–water partition coefficient (Wildman–Crippen LogP) is 3.11. The van der Waals surface area contributed by atoms with Crippen molar-refractivity contribution in [2.75, 3.05) is 13.2 Å². The van der Waals surface area contributed by atoms with Crippen molar-refractivity contribution in [3.63, 3.8) is 0 Å². The van der Waals surface area contributed by atoms with E-state index in [4.69, 9.17) is 9.15 Å². The maximum absolute atomic E-state index is 12.7. The Balaban J connectivity index is 0.00000210. The minimum absolute atomic E-state index is 0. The van der Waals surface area contributed by atoms with E-state index in [2.05, 4.69) is 20.8 Å². The molecule has 1 atom stereocenters. The molecular formula is C19H23ClN4O3. The molecule has 8 heteroatoms. The van der Waals surface area contributed by atoms with Crippen LogP contribution in [-0.2, 0) is 13.0 Å². The summed E-state index contributed by atoms with van der Waals surface area (Å²) in [6.45, 7) is 5.96. The largest absolute Gasteiger partial charge is 0.490 e. The highest BCUT2D eigenvalue weighted by molar-refractivity contribution is 5.94. The molecule has 1 amide bonds. The van der Waals surface area contributed by atoms with Gasteiger partial charge in [0.15, 0.2) is 17.0 Å². The number of para-hydroxylation sites is 1. The number of benzene rings is 1. The fraction of sp³-hybridized carbons (Fsp3) is 0.368. The van der Waals surface area contributed by atoms with Crippen LogP contribution in [0.5, 0.6) is 5.75 Å². The molecule has 144 valence electrons. The van der Waals surface area contributed by atoms with E-state index in [-0.39, 0.29) is 24.4 Å². The zero-order valence-corrected chi connectivity index (χ0v) is 16.1. The Morgan fingerprint density at radius 2 is 2.30 bits per heavy atom. The fourth-order valence-corrected chi connectivity index (χ4v) is 3.29. The van der Waals surface area contributed by atoms with Gasteiger partial charge in [-0.25, -0.2) is 0 Å². The van der Waals surface area contributed by atoms with Gasteiger partial charge in [-0.05, 0) is 26.0 Å².